The first-order chi connectivity index (χ1) is 25.3. The van der Waals surface area contributed by atoms with Crippen LogP contribution in [-0.4, -0.2) is 172 Å². The van der Waals surface area contributed by atoms with Gasteiger partial charge >= 0.3 is 18.3 Å². The highest BCUT2D eigenvalue weighted by Gasteiger charge is 2.27. The molecular formula is C37H74Cl2N8O9. The first-order valence-electron chi connectivity index (χ1n) is 18.9. The maximum atomic E-state index is 11.8. The van der Waals surface area contributed by atoms with Crippen molar-refractivity contribution in [3.05, 3.63) is 0 Å². The summed E-state index contributed by atoms with van der Waals surface area (Å²) in [6.45, 7) is 22.7. The molecule has 0 aromatic heterocycles. The van der Waals surface area contributed by atoms with Gasteiger partial charge in [0.2, 0.25) is 17.7 Å². The average Bonchev–Trinajstić information content (AvgIpc) is 3.35. The van der Waals surface area contributed by atoms with Crippen molar-refractivity contribution in [2.45, 2.75) is 105 Å². The lowest BCUT2D eigenvalue weighted by atomic mass is 10.2. The molecule has 2 heterocycles. The van der Waals surface area contributed by atoms with Gasteiger partial charge in [-0.25, -0.2) is 14.4 Å². The molecule has 0 aliphatic carbocycles. The molecule has 0 spiro atoms. The molecule has 56 heavy (non-hydrogen) atoms. The maximum absolute atomic E-state index is 11.8. The number of likely N-dealkylation sites (N-methyl/N-ethyl adjacent to an activating group) is 2. The van der Waals surface area contributed by atoms with Crippen molar-refractivity contribution in [2.75, 3.05) is 99.5 Å². The molecule has 2 saturated heterocycles. The third-order valence-corrected chi connectivity index (χ3v) is 7.25. The van der Waals surface area contributed by atoms with Crippen molar-refractivity contribution in [3.8, 4) is 0 Å². The molecule has 0 radical (unpaired) electrons. The summed E-state index contributed by atoms with van der Waals surface area (Å²) < 4.78 is 15.3. The molecule has 6 amide bonds. The van der Waals surface area contributed by atoms with E-state index in [1.807, 2.05) is 55.6 Å². The van der Waals surface area contributed by atoms with Crippen molar-refractivity contribution in [1.29, 1.82) is 0 Å². The fourth-order valence-electron chi connectivity index (χ4n) is 4.18. The van der Waals surface area contributed by atoms with Gasteiger partial charge < -0.3 is 50.2 Å². The number of hydrogen-bond acceptors (Lipinski definition) is 11. The van der Waals surface area contributed by atoms with E-state index < -0.39 is 29.0 Å². The second-order valence-electron chi connectivity index (χ2n) is 16.0. The molecule has 2 fully saturated rings. The predicted octanol–water partition coefficient (Wildman–Crippen LogP) is 3.66. The van der Waals surface area contributed by atoms with Crippen LogP contribution < -0.4 is 21.3 Å². The number of halogens is 2. The van der Waals surface area contributed by atoms with E-state index in [0.29, 0.717) is 45.7 Å². The summed E-state index contributed by atoms with van der Waals surface area (Å²) in [5.41, 5.74) is -1.42. The Bertz CT molecular complexity index is 1160. The van der Waals surface area contributed by atoms with E-state index in [1.54, 1.807) is 44.7 Å². The average molecular weight is 846 g/mol. The van der Waals surface area contributed by atoms with Gasteiger partial charge in [0.15, 0.2) is 0 Å². The minimum atomic E-state index is -0.516. The second kappa shape index (κ2) is 29.9. The zero-order valence-corrected chi connectivity index (χ0v) is 37.9. The van der Waals surface area contributed by atoms with Crippen LogP contribution in [0.3, 0.4) is 0 Å². The third-order valence-electron chi connectivity index (χ3n) is 7.02. The second-order valence-corrected chi connectivity index (χ2v) is 16.3. The van der Waals surface area contributed by atoms with E-state index >= 15 is 0 Å². The standard InChI is InChI=1S/C11H21ClN2O3.C11H20N2O3.C9H20N2O2.C6H12N2O.ClH/c1-11(2,3)17-10(16)13-6-5-7-14(4)9(15)8-12;1-11(2,3)16-10(15)13-7-5-6-12(4)9(14)8-13;1-9(2,3)13-8(12)11-7-5-6-10-4;1-8-4-2-3-7-5-6(8)9;/h5-8H2,1-4H3,(H,13,16);5-8H2,1-4H3;10H,5-7H2,1-4H3,(H,11,12);7H,2-5H2,1H3;1H. The number of amides is 6. The summed E-state index contributed by atoms with van der Waals surface area (Å²) in [7, 11) is 7.15. The van der Waals surface area contributed by atoms with Gasteiger partial charge in [-0.1, -0.05) is 0 Å². The number of alkyl halides is 1. The van der Waals surface area contributed by atoms with Crippen LogP contribution in [0.4, 0.5) is 14.4 Å². The Morgan fingerprint density at radius 2 is 1.23 bits per heavy atom. The van der Waals surface area contributed by atoms with Crippen LogP contribution in [-0.2, 0) is 28.6 Å². The van der Waals surface area contributed by atoms with Crippen LogP contribution in [0.2, 0.25) is 0 Å². The number of carbonyl (C=O) groups is 6. The Kier molecular flexibility index (Phi) is 30.4. The van der Waals surface area contributed by atoms with E-state index in [9.17, 15) is 28.8 Å². The molecule has 0 saturated carbocycles. The zero-order chi connectivity index (χ0) is 42.8. The first kappa shape index (κ1) is 57.0. The monoisotopic (exact) mass is 844 g/mol. The van der Waals surface area contributed by atoms with E-state index in [0.717, 1.165) is 38.9 Å². The maximum Gasteiger partial charge on any atom is 0.410 e. The molecule has 2 aliphatic heterocycles. The molecule has 330 valence electrons. The Morgan fingerprint density at radius 1 is 0.750 bits per heavy atom. The molecule has 4 N–H and O–H groups in total. The Hall–Kier alpha value is -3.28. The normalized spacial score (nSPS) is 14.6. The van der Waals surface area contributed by atoms with Gasteiger partial charge in [-0.05, 0) is 108 Å². The fourth-order valence-corrected chi connectivity index (χ4v) is 4.39. The summed E-state index contributed by atoms with van der Waals surface area (Å²) in [6.07, 6.45) is 2.25. The van der Waals surface area contributed by atoms with Crippen molar-refractivity contribution < 1.29 is 43.0 Å². The summed E-state index contributed by atoms with van der Waals surface area (Å²) >= 11 is 5.40. The molecule has 2 rings (SSSR count). The molecule has 0 aromatic carbocycles. The van der Waals surface area contributed by atoms with Crippen molar-refractivity contribution in [2.24, 2.45) is 0 Å². The number of alkyl carbamates (subject to hydrolysis) is 2. The van der Waals surface area contributed by atoms with Crippen LogP contribution in [0.25, 0.3) is 0 Å². The summed E-state index contributed by atoms with van der Waals surface area (Å²) in [5.74, 6) is 0.0236. The first-order valence-corrected chi connectivity index (χ1v) is 19.4. The van der Waals surface area contributed by atoms with Gasteiger partial charge in [-0.15, -0.1) is 24.0 Å². The Morgan fingerprint density at radius 3 is 1.71 bits per heavy atom. The van der Waals surface area contributed by atoms with Gasteiger partial charge in [0.1, 0.15) is 29.2 Å². The van der Waals surface area contributed by atoms with Gasteiger partial charge in [0.25, 0.3) is 0 Å². The molecule has 0 bridgehead atoms. The van der Waals surface area contributed by atoms with Crippen LogP contribution in [0.15, 0.2) is 0 Å². The minimum absolute atomic E-state index is 0. The smallest absolute Gasteiger partial charge is 0.410 e. The van der Waals surface area contributed by atoms with Gasteiger partial charge in [0.05, 0.1) is 6.54 Å². The predicted molar refractivity (Wildman–Crippen MR) is 222 cm³/mol. The Balaban J connectivity index is -0.000000679. The summed E-state index contributed by atoms with van der Waals surface area (Å²) in [5, 5.41) is 11.3. The SMILES string of the molecule is CN(CCCNC(=O)OC(C)(C)C)C(=O)CCl.CN1CCCN(C(=O)OC(C)(C)C)CC1=O.CN1CCCNCC1=O.CNCCCNC(=O)OC(C)(C)C.Cl. The highest BCUT2D eigenvalue weighted by molar-refractivity contribution is 6.27. The van der Waals surface area contributed by atoms with Crippen LogP contribution in [0.5, 0.6) is 0 Å². The van der Waals surface area contributed by atoms with Crippen LogP contribution in [0, 0.1) is 0 Å². The van der Waals surface area contributed by atoms with E-state index in [-0.39, 0.29) is 48.6 Å². The van der Waals surface area contributed by atoms with Gasteiger partial charge in [0, 0.05) is 60.4 Å². The highest BCUT2D eigenvalue weighted by Crippen LogP contribution is 2.12. The Labute approximate surface area is 347 Å². The lowest BCUT2D eigenvalue weighted by Crippen LogP contribution is -2.41. The molecular weight excluding hydrogens is 771 g/mol. The third kappa shape index (κ3) is 34.0. The van der Waals surface area contributed by atoms with Crippen molar-refractivity contribution in [3.63, 3.8) is 0 Å². The van der Waals surface area contributed by atoms with Crippen LogP contribution >= 0.6 is 24.0 Å². The number of nitrogens with zero attached hydrogens (tertiary/aromatic N) is 4. The van der Waals surface area contributed by atoms with Crippen molar-refractivity contribution in [1.82, 2.24) is 40.9 Å². The summed E-state index contributed by atoms with van der Waals surface area (Å²) in [6, 6.07) is 0. The minimum Gasteiger partial charge on any atom is -0.444 e. The molecule has 0 unspecified atom stereocenters. The number of carbonyl (C=O) groups excluding carboxylic acids is 6. The molecule has 0 aromatic rings. The number of ether oxygens (including phenoxy) is 3. The molecule has 2 aliphatic rings. The van der Waals surface area contributed by atoms with E-state index in [2.05, 4.69) is 21.3 Å². The molecule has 19 heteroatoms. The van der Waals surface area contributed by atoms with Gasteiger partial charge in [-0.3, -0.25) is 19.3 Å². The number of nitrogens with one attached hydrogen (secondary N) is 4. The molecule has 0 atom stereocenters. The summed E-state index contributed by atoms with van der Waals surface area (Å²) in [4.78, 5) is 74.0. The van der Waals surface area contributed by atoms with E-state index in [1.165, 1.54) is 9.80 Å². The van der Waals surface area contributed by atoms with Crippen LogP contribution in [0.1, 0.15) is 88.0 Å². The molecule has 17 nitrogen and oxygen atoms in total. The zero-order valence-electron chi connectivity index (χ0n) is 36.4. The number of hydrogen-bond donors (Lipinski definition) is 4. The van der Waals surface area contributed by atoms with E-state index in [4.69, 9.17) is 25.8 Å². The largest absolute Gasteiger partial charge is 0.444 e. The quantitative estimate of drug-likeness (QED) is 0.151. The lowest BCUT2D eigenvalue weighted by Gasteiger charge is -2.25. The van der Waals surface area contributed by atoms with Gasteiger partial charge in [-0.2, -0.15) is 0 Å². The lowest BCUT2D eigenvalue weighted by molar-refractivity contribution is -0.130. The number of rotatable bonds is 9. The van der Waals surface area contributed by atoms with Crippen molar-refractivity contribution >= 4 is 60.0 Å². The fraction of sp³-hybridized carbons (Fsp3) is 0.838. The highest BCUT2D eigenvalue weighted by atomic mass is 35.5. The topological polar surface area (TPSA) is 191 Å².